The molecular formula is C17H15F2NO4. The van der Waals surface area contributed by atoms with E-state index in [2.05, 4.69) is 5.32 Å². The van der Waals surface area contributed by atoms with Gasteiger partial charge in [-0.1, -0.05) is 6.92 Å². The molecule has 1 aromatic rings. The second-order valence-corrected chi connectivity index (χ2v) is 5.68. The number of hydrogen-bond acceptors (Lipinski definition) is 4. The van der Waals surface area contributed by atoms with Gasteiger partial charge in [-0.25, -0.2) is 18.4 Å². The van der Waals surface area contributed by atoms with Crippen molar-refractivity contribution in [2.75, 3.05) is 6.61 Å². The monoisotopic (exact) mass is 335 g/mol. The van der Waals surface area contributed by atoms with Crippen molar-refractivity contribution in [3.63, 3.8) is 0 Å². The second kappa shape index (κ2) is 5.74. The highest BCUT2D eigenvalue weighted by molar-refractivity contribution is 6.00. The van der Waals surface area contributed by atoms with Crippen LogP contribution in [0.4, 0.5) is 8.78 Å². The van der Waals surface area contributed by atoms with E-state index in [1.807, 2.05) is 0 Å². The lowest BCUT2D eigenvalue weighted by Gasteiger charge is -2.28. The van der Waals surface area contributed by atoms with E-state index < -0.39 is 29.5 Å². The number of cyclic esters (lactones) is 1. The minimum Gasteiger partial charge on any atom is -0.478 e. The molecule has 126 valence electrons. The molecule has 5 nitrogen and oxygen atoms in total. The maximum Gasteiger partial charge on any atom is 0.337 e. The Balaban J connectivity index is 2.31. The lowest BCUT2D eigenvalue weighted by atomic mass is 9.78. The van der Waals surface area contributed by atoms with Crippen LogP contribution >= 0.6 is 0 Å². The Hall–Kier alpha value is -2.70. The van der Waals surface area contributed by atoms with Gasteiger partial charge in [-0.05, 0) is 30.5 Å². The fraction of sp³-hybridized carbons (Fsp3) is 0.294. The van der Waals surface area contributed by atoms with Gasteiger partial charge in [0.05, 0.1) is 22.8 Å². The highest BCUT2D eigenvalue weighted by Crippen LogP contribution is 2.42. The standard InChI is InChI=1S/C17H15F2NO4/c1-3-9-10(4-8(18)5-11(9)19)14-13(16(21)22)7(2)20-12-6-24-17(23)15(12)14/h4-5,14,20H,3,6H2,1-2H3,(H,21,22). The van der Waals surface area contributed by atoms with Crippen LogP contribution < -0.4 is 5.32 Å². The molecule has 0 saturated carbocycles. The van der Waals surface area contributed by atoms with Crippen molar-refractivity contribution in [1.82, 2.24) is 5.32 Å². The smallest absolute Gasteiger partial charge is 0.337 e. The molecule has 0 spiro atoms. The number of carboxylic acids is 1. The summed E-state index contributed by atoms with van der Waals surface area (Å²) in [7, 11) is 0. The van der Waals surface area contributed by atoms with Crippen LogP contribution in [0, 0.1) is 11.6 Å². The highest BCUT2D eigenvalue weighted by atomic mass is 19.1. The summed E-state index contributed by atoms with van der Waals surface area (Å²) in [5.74, 6) is -4.60. The maximum absolute atomic E-state index is 14.2. The topological polar surface area (TPSA) is 75.6 Å². The van der Waals surface area contributed by atoms with E-state index in [0.29, 0.717) is 11.4 Å². The van der Waals surface area contributed by atoms with E-state index in [1.54, 1.807) is 13.8 Å². The van der Waals surface area contributed by atoms with E-state index in [9.17, 15) is 23.5 Å². The van der Waals surface area contributed by atoms with Crippen molar-refractivity contribution in [1.29, 1.82) is 0 Å². The Labute approximate surface area is 136 Å². The summed E-state index contributed by atoms with van der Waals surface area (Å²) in [6.45, 7) is 3.21. The minimum atomic E-state index is -1.26. The molecule has 3 rings (SSSR count). The molecule has 2 N–H and O–H groups in total. The van der Waals surface area contributed by atoms with Gasteiger partial charge >= 0.3 is 11.9 Å². The van der Waals surface area contributed by atoms with Gasteiger partial charge in [-0.2, -0.15) is 0 Å². The number of ether oxygens (including phenoxy) is 1. The number of nitrogens with one attached hydrogen (secondary N) is 1. The summed E-state index contributed by atoms with van der Waals surface area (Å²) in [5.41, 5.74) is 1.04. The van der Waals surface area contributed by atoms with Crippen molar-refractivity contribution >= 4 is 11.9 Å². The third-order valence-corrected chi connectivity index (χ3v) is 4.30. The van der Waals surface area contributed by atoms with Crippen molar-refractivity contribution in [2.24, 2.45) is 0 Å². The average molecular weight is 335 g/mol. The van der Waals surface area contributed by atoms with Crippen molar-refractivity contribution in [3.8, 4) is 0 Å². The molecule has 1 atom stereocenters. The zero-order chi connectivity index (χ0) is 17.6. The van der Waals surface area contributed by atoms with Crippen LogP contribution in [0.25, 0.3) is 0 Å². The predicted molar refractivity (Wildman–Crippen MR) is 79.9 cm³/mol. The molecule has 7 heteroatoms. The van der Waals surface area contributed by atoms with E-state index in [0.717, 1.165) is 12.1 Å². The first-order valence-corrected chi connectivity index (χ1v) is 7.44. The van der Waals surface area contributed by atoms with E-state index in [-0.39, 0.29) is 35.3 Å². The number of carboxylic acid groups (broad SMARTS) is 1. The number of dihydropyridines is 1. The van der Waals surface area contributed by atoms with Gasteiger partial charge in [0.25, 0.3) is 0 Å². The number of esters is 1. The fourth-order valence-electron chi connectivity index (χ4n) is 3.32. The van der Waals surface area contributed by atoms with Crippen LogP contribution in [-0.4, -0.2) is 23.7 Å². The zero-order valence-corrected chi connectivity index (χ0v) is 13.1. The first-order chi connectivity index (χ1) is 11.3. The molecule has 0 aromatic heterocycles. The molecule has 1 unspecified atom stereocenters. The van der Waals surface area contributed by atoms with Gasteiger partial charge in [0.1, 0.15) is 18.2 Å². The molecule has 0 saturated heterocycles. The molecule has 0 fully saturated rings. The molecule has 2 aliphatic heterocycles. The summed E-state index contributed by atoms with van der Waals surface area (Å²) in [4.78, 5) is 23.9. The van der Waals surface area contributed by atoms with Crippen LogP contribution in [0.3, 0.4) is 0 Å². The third-order valence-electron chi connectivity index (χ3n) is 4.30. The predicted octanol–water partition coefficient (Wildman–Crippen LogP) is 2.38. The highest BCUT2D eigenvalue weighted by Gasteiger charge is 2.42. The van der Waals surface area contributed by atoms with Gasteiger partial charge in [0.2, 0.25) is 0 Å². The Morgan fingerprint density at radius 2 is 2.12 bits per heavy atom. The third kappa shape index (κ3) is 2.36. The normalized spacial score (nSPS) is 20.0. The Morgan fingerprint density at radius 1 is 1.42 bits per heavy atom. The zero-order valence-electron chi connectivity index (χ0n) is 13.1. The molecular weight excluding hydrogens is 320 g/mol. The van der Waals surface area contributed by atoms with Gasteiger partial charge in [0.15, 0.2) is 0 Å². The summed E-state index contributed by atoms with van der Waals surface area (Å²) in [6, 6.07) is 1.84. The van der Waals surface area contributed by atoms with Crippen LogP contribution in [0.5, 0.6) is 0 Å². The Morgan fingerprint density at radius 3 is 2.75 bits per heavy atom. The molecule has 0 radical (unpaired) electrons. The lowest BCUT2D eigenvalue weighted by Crippen LogP contribution is -2.30. The molecule has 0 aliphatic carbocycles. The minimum absolute atomic E-state index is 0.0197. The van der Waals surface area contributed by atoms with E-state index in [1.165, 1.54) is 0 Å². The number of carbonyl (C=O) groups is 2. The number of hydrogen-bond donors (Lipinski definition) is 2. The number of allylic oxidation sites excluding steroid dienone is 1. The number of carbonyl (C=O) groups excluding carboxylic acids is 1. The number of halogens is 2. The SMILES string of the molecule is CCc1c(F)cc(F)cc1C1C(C(=O)O)=C(C)NC2=C1C(=O)OC2. The quantitative estimate of drug-likeness (QED) is 0.830. The van der Waals surface area contributed by atoms with Crippen LogP contribution in [-0.2, 0) is 20.7 Å². The fourth-order valence-corrected chi connectivity index (χ4v) is 3.32. The molecule has 24 heavy (non-hydrogen) atoms. The summed E-state index contributed by atoms with van der Waals surface area (Å²) >= 11 is 0. The second-order valence-electron chi connectivity index (χ2n) is 5.68. The number of aliphatic carboxylic acids is 1. The van der Waals surface area contributed by atoms with Crippen LogP contribution in [0.2, 0.25) is 0 Å². The first kappa shape index (κ1) is 16.2. The Kier molecular flexibility index (Phi) is 3.87. The van der Waals surface area contributed by atoms with Crippen molar-refractivity contribution < 1.29 is 28.2 Å². The number of rotatable bonds is 3. The van der Waals surface area contributed by atoms with E-state index >= 15 is 0 Å². The van der Waals surface area contributed by atoms with Crippen molar-refractivity contribution in [2.45, 2.75) is 26.2 Å². The molecule has 1 aromatic carbocycles. The summed E-state index contributed by atoms with van der Waals surface area (Å²) in [5, 5.41) is 12.4. The van der Waals surface area contributed by atoms with Gasteiger partial charge in [-0.15, -0.1) is 0 Å². The van der Waals surface area contributed by atoms with Gasteiger partial charge in [-0.3, -0.25) is 0 Å². The van der Waals surface area contributed by atoms with Crippen LogP contribution in [0.1, 0.15) is 30.9 Å². The van der Waals surface area contributed by atoms with Crippen LogP contribution in [0.15, 0.2) is 34.7 Å². The first-order valence-electron chi connectivity index (χ1n) is 7.44. The van der Waals surface area contributed by atoms with E-state index in [4.69, 9.17) is 4.74 Å². The van der Waals surface area contributed by atoms with Crippen molar-refractivity contribution in [3.05, 3.63) is 57.4 Å². The molecule has 2 heterocycles. The average Bonchev–Trinajstić information content (AvgIpc) is 2.85. The largest absolute Gasteiger partial charge is 0.478 e. The molecule has 0 bridgehead atoms. The summed E-state index contributed by atoms with van der Waals surface area (Å²) in [6.07, 6.45) is 0.231. The molecule has 0 amide bonds. The Bertz CT molecular complexity index is 824. The summed E-state index contributed by atoms with van der Waals surface area (Å²) < 4.78 is 33.0. The maximum atomic E-state index is 14.2. The lowest BCUT2D eigenvalue weighted by molar-refractivity contribution is -0.136. The van der Waals surface area contributed by atoms with Gasteiger partial charge in [0, 0.05) is 11.8 Å². The van der Waals surface area contributed by atoms with Gasteiger partial charge < -0.3 is 15.2 Å². The molecule has 2 aliphatic rings. The number of benzene rings is 1.